The molecule has 1 unspecified atom stereocenters. The SMILES string of the molecule is CC(NC(=O)COCCN1CCN(CCO)CC1)C(C)(C)C. The minimum atomic E-state index is -0.0461. The number of aliphatic hydroxyl groups is 1. The molecule has 1 saturated heterocycles. The molecule has 0 aromatic rings. The van der Waals surface area contributed by atoms with E-state index in [0.29, 0.717) is 6.61 Å². The molecule has 1 heterocycles. The first-order valence-electron chi connectivity index (χ1n) is 8.25. The zero-order valence-corrected chi connectivity index (χ0v) is 14.6. The lowest BCUT2D eigenvalue weighted by Gasteiger charge is -2.34. The highest BCUT2D eigenvalue weighted by Crippen LogP contribution is 2.18. The highest BCUT2D eigenvalue weighted by molar-refractivity contribution is 5.77. The highest BCUT2D eigenvalue weighted by atomic mass is 16.5. The lowest BCUT2D eigenvalue weighted by molar-refractivity contribution is -0.127. The molecule has 1 aliphatic heterocycles. The standard InChI is InChI=1S/C16H33N3O3/c1-14(16(2,3)4)17-15(21)13-22-12-10-19-7-5-18(6-8-19)9-11-20/h14,20H,5-13H2,1-4H3,(H,17,21). The van der Waals surface area contributed by atoms with Crippen LogP contribution in [0, 0.1) is 5.41 Å². The van der Waals surface area contributed by atoms with E-state index >= 15 is 0 Å². The Morgan fingerprint density at radius 3 is 2.23 bits per heavy atom. The molecule has 22 heavy (non-hydrogen) atoms. The van der Waals surface area contributed by atoms with Crippen molar-refractivity contribution in [1.29, 1.82) is 0 Å². The minimum Gasteiger partial charge on any atom is -0.395 e. The van der Waals surface area contributed by atoms with Crippen LogP contribution in [0.4, 0.5) is 0 Å². The van der Waals surface area contributed by atoms with E-state index in [0.717, 1.165) is 39.3 Å². The molecule has 1 aliphatic rings. The van der Waals surface area contributed by atoms with Gasteiger partial charge < -0.3 is 15.2 Å². The molecule has 130 valence electrons. The number of nitrogens with one attached hydrogen (secondary N) is 1. The van der Waals surface area contributed by atoms with Gasteiger partial charge in [-0.2, -0.15) is 0 Å². The third kappa shape index (κ3) is 7.54. The van der Waals surface area contributed by atoms with E-state index in [1.807, 2.05) is 6.92 Å². The Hall–Kier alpha value is -0.690. The molecule has 0 spiro atoms. The Morgan fingerprint density at radius 2 is 1.73 bits per heavy atom. The summed E-state index contributed by atoms with van der Waals surface area (Å²) in [5.41, 5.74) is 0.0594. The van der Waals surface area contributed by atoms with Crippen molar-refractivity contribution in [2.45, 2.75) is 33.7 Å². The number of nitrogens with zero attached hydrogens (tertiary/aromatic N) is 2. The summed E-state index contributed by atoms with van der Waals surface area (Å²) in [5, 5.41) is 11.9. The van der Waals surface area contributed by atoms with E-state index in [9.17, 15) is 4.79 Å². The average molecular weight is 315 g/mol. The maximum absolute atomic E-state index is 11.8. The van der Waals surface area contributed by atoms with Crippen LogP contribution in [0.25, 0.3) is 0 Å². The molecule has 2 N–H and O–H groups in total. The van der Waals surface area contributed by atoms with Gasteiger partial charge in [0.05, 0.1) is 13.2 Å². The van der Waals surface area contributed by atoms with Gasteiger partial charge in [0, 0.05) is 45.3 Å². The summed E-state index contributed by atoms with van der Waals surface area (Å²) >= 11 is 0. The molecule has 0 bridgehead atoms. The van der Waals surface area contributed by atoms with Gasteiger partial charge in [0.25, 0.3) is 0 Å². The van der Waals surface area contributed by atoms with Gasteiger partial charge in [-0.3, -0.25) is 14.6 Å². The molecule has 1 atom stereocenters. The molecule has 0 aromatic heterocycles. The topological polar surface area (TPSA) is 65.0 Å². The number of ether oxygens (including phenoxy) is 1. The van der Waals surface area contributed by atoms with Crippen LogP contribution in [0.3, 0.4) is 0 Å². The summed E-state index contributed by atoms with van der Waals surface area (Å²) in [6.45, 7) is 14.9. The number of hydrogen-bond donors (Lipinski definition) is 2. The van der Waals surface area contributed by atoms with Crippen molar-refractivity contribution in [3.8, 4) is 0 Å². The van der Waals surface area contributed by atoms with Crippen LogP contribution in [0.1, 0.15) is 27.7 Å². The number of rotatable bonds is 8. The normalized spacial score (nSPS) is 19.1. The summed E-state index contributed by atoms with van der Waals surface area (Å²) in [4.78, 5) is 16.4. The maximum atomic E-state index is 11.8. The summed E-state index contributed by atoms with van der Waals surface area (Å²) in [6, 6.07) is 0.128. The van der Waals surface area contributed by atoms with Crippen molar-refractivity contribution in [1.82, 2.24) is 15.1 Å². The molecule has 0 radical (unpaired) electrons. The lowest BCUT2D eigenvalue weighted by atomic mass is 9.88. The van der Waals surface area contributed by atoms with Crippen LogP contribution in [0.5, 0.6) is 0 Å². The second-order valence-electron chi connectivity index (χ2n) is 7.11. The van der Waals surface area contributed by atoms with Crippen LogP contribution < -0.4 is 5.32 Å². The Morgan fingerprint density at radius 1 is 1.18 bits per heavy atom. The molecule has 6 heteroatoms. The fourth-order valence-electron chi connectivity index (χ4n) is 2.24. The van der Waals surface area contributed by atoms with E-state index in [1.54, 1.807) is 0 Å². The first-order valence-corrected chi connectivity index (χ1v) is 8.25. The largest absolute Gasteiger partial charge is 0.395 e. The van der Waals surface area contributed by atoms with Crippen LogP contribution in [0.15, 0.2) is 0 Å². The van der Waals surface area contributed by atoms with E-state index in [4.69, 9.17) is 9.84 Å². The smallest absolute Gasteiger partial charge is 0.246 e. The number of piperazine rings is 1. The molecule has 0 saturated carbocycles. The first kappa shape index (κ1) is 19.4. The summed E-state index contributed by atoms with van der Waals surface area (Å²) in [7, 11) is 0. The quantitative estimate of drug-likeness (QED) is 0.625. The van der Waals surface area contributed by atoms with Crippen LogP contribution >= 0.6 is 0 Å². The average Bonchev–Trinajstić information content (AvgIpc) is 2.44. The summed E-state index contributed by atoms with van der Waals surface area (Å²) < 4.78 is 5.48. The van der Waals surface area contributed by atoms with Crippen molar-refractivity contribution in [2.75, 3.05) is 59.1 Å². The predicted molar refractivity (Wildman–Crippen MR) is 87.8 cm³/mol. The lowest BCUT2D eigenvalue weighted by Crippen LogP contribution is -2.48. The summed E-state index contributed by atoms with van der Waals surface area (Å²) in [6.07, 6.45) is 0. The Bertz CT molecular complexity index is 323. The van der Waals surface area contributed by atoms with E-state index in [1.165, 1.54) is 0 Å². The van der Waals surface area contributed by atoms with Crippen molar-refractivity contribution in [2.24, 2.45) is 5.41 Å². The van der Waals surface area contributed by atoms with Crippen LogP contribution in [-0.4, -0.2) is 85.9 Å². The summed E-state index contributed by atoms with van der Waals surface area (Å²) in [5.74, 6) is -0.0461. The van der Waals surface area contributed by atoms with Crippen molar-refractivity contribution in [3.05, 3.63) is 0 Å². The molecule has 1 rings (SSSR count). The minimum absolute atomic E-state index is 0.0461. The van der Waals surface area contributed by atoms with Gasteiger partial charge in [0.15, 0.2) is 0 Å². The van der Waals surface area contributed by atoms with Gasteiger partial charge in [-0.05, 0) is 12.3 Å². The molecule has 1 fully saturated rings. The van der Waals surface area contributed by atoms with Crippen LogP contribution in [0.2, 0.25) is 0 Å². The molecule has 1 amide bonds. The fraction of sp³-hybridized carbons (Fsp3) is 0.938. The van der Waals surface area contributed by atoms with Gasteiger partial charge in [-0.15, -0.1) is 0 Å². The number of β-amino-alcohol motifs (C(OH)–C–C–N with tert-alkyl or cyclic N) is 1. The van der Waals surface area contributed by atoms with E-state index in [2.05, 4.69) is 35.9 Å². The van der Waals surface area contributed by atoms with Crippen LogP contribution in [-0.2, 0) is 9.53 Å². The zero-order valence-electron chi connectivity index (χ0n) is 14.6. The van der Waals surface area contributed by atoms with E-state index < -0.39 is 0 Å². The maximum Gasteiger partial charge on any atom is 0.246 e. The van der Waals surface area contributed by atoms with Gasteiger partial charge in [-0.25, -0.2) is 0 Å². The second-order valence-corrected chi connectivity index (χ2v) is 7.11. The number of carbonyl (C=O) groups is 1. The third-order valence-electron chi connectivity index (χ3n) is 4.34. The fourth-order valence-corrected chi connectivity index (χ4v) is 2.24. The van der Waals surface area contributed by atoms with Gasteiger partial charge >= 0.3 is 0 Å². The highest BCUT2D eigenvalue weighted by Gasteiger charge is 2.21. The monoisotopic (exact) mass is 315 g/mol. The van der Waals surface area contributed by atoms with Crippen molar-refractivity contribution in [3.63, 3.8) is 0 Å². The van der Waals surface area contributed by atoms with Gasteiger partial charge in [0.1, 0.15) is 6.61 Å². The number of carbonyl (C=O) groups excluding carboxylic acids is 1. The van der Waals surface area contributed by atoms with Crippen molar-refractivity contribution >= 4 is 5.91 Å². The Labute approximate surface area is 134 Å². The number of amides is 1. The Balaban J connectivity index is 2.07. The van der Waals surface area contributed by atoms with Crippen molar-refractivity contribution < 1.29 is 14.6 Å². The molecular formula is C16H33N3O3. The number of hydrogen-bond acceptors (Lipinski definition) is 5. The first-order chi connectivity index (χ1) is 10.3. The molecule has 6 nitrogen and oxygen atoms in total. The van der Waals surface area contributed by atoms with E-state index in [-0.39, 0.29) is 30.6 Å². The van der Waals surface area contributed by atoms with Gasteiger partial charge in [0.2, 0.25) is 5.91 Å². The molecule has 0 aromatic carbocycles. The predicted octanol–water partition coefficient (Wildman–Crippen LogP) is 0.164. The second kappa shape index (κ2) is 9.45. The molecular weight excluding hydrogens is 282 g/mol. The third-order valence-corrected chi connectivity index (χ3v) is 4.34. The van der Waals surface area contributed by atoms with Gasteiger partial charge in [-0.1, -0.05) is 20.8 Å². The Kier molecular flexibility index (Phi) is 8.31. The zero-order chi connectivity index (χ0) is 16.6. The number of aliphatic hydroxyl groups excluding tert-OH is 1. The molecule has 0 aliphatic carbocycles.